The lowest BCUT2D eigenvalue weighted by Gasteiger charge is -2.22. The molecule has 13 nitrogen and oxygen atoms in total. The van der Waals surface area contributed by atoms with Crippen molar-refractivity contribution in [2.45, 2.75) is 30.2 Å². The Labute approximate surface area is 186 Å². The number of rotatable bonds is 6. The van der Waals surface area contributed by atoms with Gasteiger partial charge in [0.15, 0.2) is 11.6 Å². The number of aliphatic hydroxyl groups is 1. The average Bonchev–Trinajstić information content (AvgIpc) is 3.21. The predicted molar refractivity (Wildman–Crippen MR) is 111 cm³/mol. The molecule has 1 N–H and O–H groups in total. The zero-order valence-corrected chi connectivity index (χ0v) is 17.7. The minimum absolute atomic E-state index is 0.250. The Kier molecular flexibility index (Phi) is 5.88. The third-order valence-electron chi connectivity index (χ3n) is 5.11. The quantitative estimate of drug-likeness (QED) is 0.291. The molecule has 0 aliphatic carbocycles. The second-order valence-corrected chi connectivity index (χ2v) is 9.07. The molecule has 0 bridgehead atoms. The summed E-state index contributed by atoms with van der Waals surface area (Å²) in [5.41, 5.74) is -0.876. The summed E-state index contributed by atoms with van der Waals surface area (Å²) in [6.07, 6.45) is -1.47. The molecular weight excluding hydrogens is 458 g/mol. The van der Waals surface area contributed by atoms with Crippen LogP contribution in [-0.2, 0) is 26.3 Å². The molecule has 0 saturated carbocycles. The van der Waals surface area contributed by atoms with E-state index in [0.717, 1.165) is 16.8 Å². The van der Waals surface area contributed by atoms with Crippen LogP contribution in [0.1, 0.15) is 6.42 Å². The second-order valence-electron chi connectivity index (χ2n) is 7.21. The van der Waals surface area contributed by atoms with Crippen molar-refractivity contribution in [1.82, 2.24) is 19.3 Å². The van der Waals surface area contributed by atoms with Crippen LogP contribution in [0.5, 0.6) is 0 Å². The van der Waals surface area contributed by atoms with Gasteiger partial charge in [0.2, 0.25) is 0 Å². The molecule has 1 aliphatic heterocycles. The van der Waals surface area contributed by atoms with E-state index in [0.29, 0.717) is 9.82 Å². The molecule has 0 unspecified atom stereocenters. The summed E-state index contributed by atoms with van der Waals surface area (Å²) in [6.45, 7) is -1.09. The second kappa shape index (κ2) is 8.65. The number of hydrogen-bond donors (Lipinski definition) is 1. The van der Waals surface area contributed by atoms with Crippen LogP contribution in [0.15, 0.2) is 58.2 Å². The maximum atomic E-state index is 13.1. The molecule has 0 spiro atoms. The maximum absolute atomic E-state index is 13.1. The first kappa shape index (κ1) is 22.4. The van der Waals surface area contributed by atoms with Crippen LogP contribution >= 0.6 is 0 Å². The van der Waals surface area contributed by atoms with Crippen LogP contribution in [0.2, 0.25) is 0 Å². The number of carbonyl (C=O) groups is 1. The molecule has 0 amide bonds. The Morgan fingerprint density at radius 2 is 1.91 bits per heavy atom. The van der Waals surface area contributed by atoms with Gasteiger partial charge in [-0.2, -0.15) is 8.99 Å². The molecule has 2 aromatic carbocycles. The Hall–Kier alpha value is -3.75. The van der Waals surface area contributed by atoms with Crippen molar-refractivity contribution >= 4 is 32.6 Å². The van der Waals surface area contributed by atoms with Gasteiger partial charge >= 0.3 is 5.97 Å². The SMILES string of the molecule is O=C(OCn1nnc2ccccc2c1=O)[C@@H]1C[C@@H](O)CN1S(=O)(=O)c1ccccc1[N+](=O)[O-]. The summed E-state index contributed by atoms with van der Waals surface area (Å²) in [6, 6.07) is 9.67. The van der Waals surface area contributed by atoms with Crippen molar-refractivity contribution in [3.05, 3.63) is 69.0 Å². The standard InChI is InChI=1S/C19H17N5O8S/c25-12-9-16(23(10-12)33(30,31)17-8-4-3-7-15(17)24(28)29)19(27)32-11-22-18(26)13-5-1-2-6-14(13)20-21-22/h1-8,12,16,25H,9-11H2/t12-,16+/m1/s1. The number of nitro benzene ring substituents is 1. The number of aromatic nitrogens is 3. The van der Waals surface area contributed by atoms with Crippen molar-refractivity contribution in [3.8, 4) is 0 Å². The first-order chi connectivity index (χ1) is 15.7. The van der Waals surface area contributed by atoms with E-state index in [1.807, 2.05) is 0 Å². The van der Waals surface area contributed by atoms with Crippen molar-refractivity contribution in [2.75, 3.05) is 6.54 Å². The summed E-state index contributed by atoms with van der Waals surface area (Å²) in [5, 5.41) is 29.1. The fourth-order valence-corrected chi connectivity index (χ4v) is 5.33. The molecule has 2 atom stereocenters. The van der Waals surface area contributed by atoms with Crippen LogP contribution in [0.3, 0.4) is 0 Å². The molecule has 1 saturated heterocycles. The smallest absolute Gasteiger partial charge is 0.326 e. The van der Waals surface area contributed by atoms with Gasteiger partial charge in [0.25, 0.3) is 21.3 Å². The number of para-hydroxylation sites is 1. The van der Waals surface area contributed by atoms with E-state index in [9.17, 15) is 33.2 Å². The van der Waals surface area contributed by atoms with Crippen LogP contribution in [0.25, 0.3) is 10.9 Å². The van der Waals surface area contributed by atoms with E-state index in [1.165, 1.54) is 18.2 Å². The molecule has 172 valence electrons. The van der Waals surface area contributed by atoms with Crippen LogP contribution in [0.4, 0.5) is 5.69 Å². The number of benzene rings is 2. The monoisotopic (exact) mass is 475 g/mol. The molecule has 2 heterocycles. The highest BCUT2D eigenvalue weighted by Gasteiger charge is 2.46. The third kappa shape index (κ3) is 4.18. The van der Waals surface area contributed by atoms with Crippen LogP contribution < -0.4 is 5.56 Å². The van der Waals surface area contributed by atoms with E-state index >= 15 is 0 Å². The zero-order chi connectivity index (χ0) is 23.8. The van der Waals surface area contributed by atoms with Gasteiger partial charge in [-0.3, -0.25) is 19.7 Å². The molecule has 4 rings (SSSR count). The Balaban J connectivity index is 1.58. The number of fused-ring (bicyclic) bond motifs is 1. The molecule has 0 radical (unpaired) electrons. The summed E-state index contributed by atoms with van der Waals surface area (Å²) >= 11 is 0. The van der Waals surface area contributed by atoms with Crippen LogP contribution in [-0.4, -0.2) is 62.4 Å². The lowest BCUT2D eigenvalue weighted by Crippen LogP contribution is -2.42. The van der Waals surface area contributed by atoms with Gasteiger partial charge in [-0.25, -0.2) is 8.42 Å². The van der Waals surface area contributed by atoms with Crippen LogP contribution in [0, 0.1) is 10.1 Å². The van der Waals surface area contributed by atoms with E-state index in [1.54, 1.807) is 18.2 Å². The average molecular weight is 475 g/mol. The van der Waals surface area contributed by atoms with Gasteiger partial charge in [0.1, 0.15) is 11.6 Å². The lowest BCUT2D eigenvalue weighted by molar-refractivity contribution is -0.387. The summed E-state index contributed by atoms with van der Waals surface area (Å²) in [7, 11) is -4.53. The highest BCUT2D eigenvalue weighted by molar-refractivity contribution is 7.89. The molecule has 1 aromatic heterocycles. The highest BCUT2D eigenvalue weighted by Crippen LogP contribution is 2.31. The van der Waals surface area contributed by atoms with E-state index < -0.39 is 62.5 Å². The van der Waals surface area contributed by atoms with E-state index in [-0.39, 0.29) is 11.8 Å². The molecular formula is C19H17N5O8S. The maximum Gasteiger partial charge on any atom is 0.326 e. The number of nitro groups is 1. The van der Waals surface area contributed by atoms with Gasteiger partial charge < -0.3 is 9.84 Å². The molecule has 33 heavy (non-hydrogen) atoms. The van der Waals surface area contributed by atoms with Crippen molar-refractivity contribution in [1.29, 1.82) is 0 Å². The highest BCUT2D eigenvalue weighted by atomic mass is 32.2. The largest absolute Gasteiger partial charge is 0.441 e. The van der Waals surface area contributed by atoms with Gasteiger partial charge in [-0.15, -0.1) is 5.10 Å². The number of aliphatic hydroxyl groups excluding tert-OH is 1. The van der Waals surface area contributed by atoms with Gasteiger partial charge in [0, 0.05) is 19.0 Å². The summed E-state index contributed by atoms with van der Waals surface area (Å²) < 4.78 is 32.8. The lowest BCUT2D eigenvalue weighted by atomic mass is 10.2. The Morgan fingerprint density at radius 3 is 2.67 bits per heavy atom. The van der Waals surface area contributed by atoms with Crippen molar-refractivity contribution < 1.29 is 28.0 Å². The number of nitrogens with zero attached hydrogens (tertiary/aromatic N) is 5. The fraction of sp³-hybridized carbons (Fsp3) is 0.263. The first-order valence-corrected chi connectivity index (χ1v) is 11.1. The Morgan fingerprint density at radius 1 is 1.21 bits per heavy atom. The van der Waals surface area contributed by atoms with E-state index in [4.69, 9.17) is 4.74 Å². The molecule has 1 fully saturated rings. The molecule has 1 aliphatic rings. The number of sulfonamides is 1. The first-order valence-electron chi connectivity index (χ1n) is 9.62. The van der Waals surface area contributed by atoms with E-state index in [2.05, 4.69) is 10.3 Å². The molecule has 14 heteroatoms. The minimum atomic E-state index is -4.53. The number of esters is 1. The molecule has 3 aromatic rings. The number of ether oxygens (including phenoxy) is 1. The predicted octanol–water partition coefficient (Wildman–Crippen LogP) is 0.0245. The number of carbonyl (C=O) groups excluding carboxylic acids is 1. The van der Waals surface area contributed by atoms with Gasteiger partial charge in [-0.05, 0) is 18.2 Å². The Bertz CT molecular complexity index is 1410. The normalized spacial score (nSPS) is 18.9. The number of β-amino-alcohol motifs (C(OH)–C–C–N with tert-alkyl or cyclic N) is 1. The minimum Gasteiger partial charge on any atom is -0.441 e. The summed E-state index contributed by atoms with van der Waals surface area (Å²) in [5.74, 6) is -1.05. The van der Waals surface area contributed by atoms with Gasteiger partial charge in [-0.1, -0.05) is 29.5 Å². The fourth-order valence-electron chi connectivity index (χ4n) is 3.55. The number of hydrogen-bond acceptors (Lipinski definition) is 10. The van der Waals surface area contributed by atoms with Crippen molar-refractivity contribution in [3.63, 3.8) is 0 Å². The zero-order valence-electron chi connectivity index (χ0n) is 16.8. The third-order valence-corrected chi connectivity index (χ3v) is 7.03. The van der Waals surface area contributed by atoms with Crippen molar-refractivity contribution in [2.24, 2.45) is 0 Å². The topological polar surface area (TPSA) is 175 Å². The van der Waals surface area contributed by atoms with Gasteiger partial charge in [0.05, 0.1) is 16.4 Å². The summed E-state index contributed by atoms with van der Waals surface area (Å²) in [4.78, 5) is 35.0.